The Morgan fingerprint density at radius 2 is 2.04 bits per heavy atom. The summed E-state index contributed by atoms with van der Waals surface area (Å²) < 4.78 is 11.0. The molecule has 0 radical (unpaired) electrons. The molecular formula is C16H19N5O3. The summed E-state index contributed by atoms with van der Waals surface area (Å²) in [6, 6.07) is 3.41. The lowest BCUT2D eigenvalue weighted by atomic mass is 9.93. The van der Waals surface area contributed by atoms with Gasteiger partial charge in [0.05, 0.1) is 18.9 Å². The quantitative estimate of drug-likeness (QED) is 0.807. The van der Waals surface area contributed by atoms with E-state index in [-0.39, 0.29) is 17.8 Å². The van der Waals surface area contributed by atoms with E-state index in [2.05, 4.69) is 20.0 Å². The maximum atomic E-state index is 12.4. The summed E-state index contributed by atoms with van der Waals surface area (Å²) in [7, 11) is 0. The van der Waals surface area contributed by atoms with E-state index in [1.165, 1.54) is 6.20 Å². The maximum Gasteiger partial charge on any atom is 0.292 e. The van der Waals surface area contributed by atoms with Crippen molar-refractivity contribution < 1.29 is 14.1 Å². The number of anilines is 1. The SMILES string of the molecule is O=C(c1ccno1)N1CCC2CN(c3ncccn3)CCOC2C1. The number of ether oxygens (including phenoxy) is 1. The van der Waals surface area contributed by atoms with Gasteiger partial charge in [-0.1, -0.05) is 5.16 Å². The molecule has 24 heavy (non-hydrogen) atoms. The summed E-state index contributed by atoms with van der Waals surface area (Å²) in [5.74, 6) is 1.25. The average Bonchev–Trinajstić information content (AvgIpc) is 3.08. The molecule has 0 bridgehead atoms. The lowest BCUT2D eigenvalue weighted by Gasteiger charge is -2.37. The van der Waals surface area contributed by atoms with E-state index in [9.17, 15) is 4.79 Å². The van der Waals surface area contributed by atoms with Crippen LogP contribution in [0.3, 0.4) is 0 Å². The third-order valence-electron chi connectivity index (χ3n) is 4.61. The Hall–Kier alpha value is -2.48. The first-order chi connectivity index (χ1) is 11.8. The van der Waals surface area contributed by atoms with Crippen molar-refractivity contribution in [2.45, 2.75) is 12.5 Å². The Labute approximate surface area is 139 Å². The first kappa shape index (κ1) is 15.1. The van der Waals surface area contributed by atoms with Crippen molar-refractivity contribution >= 4 is 11.9 Å². The van der Waals surface area contributed by atoms with Gasteiger partial charge >= 0.3 is 0 Å². The van der Waals surface area contributed by atoms with Gasteiger partial charge in [0.1, 0.15) is 0 Å². The topological polar surface area (TPSA) is 84.6 Å². The van der Waals surface area contributed by atoms with Crippen LogP contribution in [0.2, 0.25) is 0 Å². The Morgan fingerprint density at radius 1 is 1.17 bits per heavy atom. The maximum absolute atomic E-state index is 12.4. The van der Waals surface area contributed by atoms with E-state index in [1.807, 2.05) is 6.07 Å². The van der Waals surface area contributed by atoms with E-state index in [1.54, 1.807) is 23.4 Å². The third-order valence-corrected chi connectivity index (χ3v) is 4.61. The summed E-state index contributed by atoms with van der Waals surface area (Å²) in [6.45, 7) is 3.47. The molecule has 2 aromatic heterocycles. The van der Waals surface area contributed by atoms with Crippen molar-refractivity contribution in [3.63, 3.8) is 0 Å². The van der Waals surface area contributed by atoms with Gasteiger partial charge in [-0.05, 0) is 12.5 Å². The number of likely N-dealkylation sites (tertiary alicyclic amines) is 1. The Morgan fingerprint density at radius 3 is 2.83 bits per heavy atom. The summed E-state index contributed by atoms with van der Waals surface area (Å²) in [4.78, 5) is 25.0. The largest absolute Gasteiger partial charge is 0.374 e. The molecule has 2 aliphatic rings. The third kappa shape index (κ3) is 2.96. The second kappa shape index (κ2) is 6.56. The van der Waals surface area contributed by atoms with Crippen LogP contribution in [0.15, 0.2) is 35.2 Å². The Bertz CT molecular complexity index is 678. The molecule has 0 aromatic carbocycles. The fraction of sp³-hybridized carbons (Fsp3) is 0.500. The van der Waals surface area contributed by atoms with Gasteiger partial charge in [-0.3, -0.25) is 4.79 Å². The molecule has 4 rings (SSSR count). The zero-order valence-electron chi connectivity index (χ0n) is 13.2. The molecular weight excluding hydrogens is 310 g/mol. The minimum Gasteiger partial charge on any atom is -0.374 e. The number of piperidine rings is 1. The van der Waals surface area contributed by atoms with E-state index < -0.39 is 0 Å². The molecule has 2 aliphatic heterocycles. The molecule has 4 heterocycles. The van der Waals surface area contributed by atoms with Gasteiger partial charge in [0.25, 0.3) is 5.91 Å². The van der Waals surface area contributed by atoms with Crippen LogP contribution in [0.5, 0.6) is 0 Å². The fourth-order valence-electron chi connectivity index (χ4n) is 3.35. The van der Waals surface area contributed by atoms with Crippen molar-refractivity contribution in [3.8, 4) is 0 Å². The van der Waals surface area contributed by atoms with Gasteiger partial charge in [0.2, 0.25) is 11.7 Å². The zero-order chi connectivity index (χ0) is 16.4. The highest BCUT2D eigenvalue weighted by Gasteiger charge is 2.36. The van der Waals surface area contributed by atoms with Crippen LogP contribution in [0.1, 0.15) is 17.0 Å². The van der Waals surface area contributed by atoms with E-state index in [0.29, 0.717) is 25.6 Å². The average molecular weight is 329 g/mol. The number of aromatic nitrogens is 3. The van der Waals surface area contributed by atoms with Gasteiger partial charge < -0.3 is 19.1 Å². The molecule has 8 heteroatoms. The smallest absolute Gasteiger partial charge is 0.292 e. The molecule has 2 aromatic rings. The summed E-state index contributed by atoms with van der Waals surface area (Å²) >= 11 is 0. The second-order valence-electron chi connectivity index (χ2n) is 6.08. The lowest BCUT2D eigenvalue weighted by Crippen LogP contribution is -2.49. The molecule has 2 fully saturated rings. The number of rotatable bonds is 2. The fourth-order valence-corrected chi connectivity index (χ4v) is 3.35. The van der Waals surface area contributed by atoms with E-state index in [0.717, 1.165) is 25.5 Å². The zero-order valence-corrected chi connectivity index (χ0v) is 13.2. The molecule has 8 nitrogen and oxygen atoms in total. The number of nitrogens with zero attached hydrogens (tertiary/aromatic N) is 5. The van der Waals surface area contributed by atoms with Gasteiger partial charge in [-0.2, -0.15) is 0 Å². The predicted molar refractivity (Wildman–Crippen MR) is 84.5 cm³/mol. The normalized spacial score (nSPS) is 24.3. The Balaban J connectivity index is 1.44. The van der Waals surface area contributed by atoms with Crippen molar-refractivity contribution in [3.05, 3.63) is 36.5 Å². The van der Waals surface area contributed by atoms with Crippen molar-refractivity contribution in [2.24, 2.45) is 5.92 Å². The van der Waals surface area contributed by atoms with Crippen LogP contribution in [-0.2, 0) is 4.74 Å². The highest BCUT2D eigenvalue weighted by Crippen LogP contribution is 2.26. The van der Waals surface area contributed by atoms with Crippen LogP contribution in [0, 0.1) is 5.92 Å². The molecule has 126 valence electrons. The molecule has 2 unspecified atom stereocenters. The minimum atomic E-state index is -0.123. The monoisotopic (exact) mass is 329 g/mol. The van der Waals surface area contributed by atoms with Gasteiger partial charge in [0.15, 0.2) is 0 Å². The van der Waals surface area contributed by atoms with Crippen LogP contribution in [0.25, 0.3) is 0 Å². The molecule has 1 amide bonds. The number of amides is 1. The first-order valence-electron chi connectivity index (χ1n) is 8.15. The van der Waals surface area contributed by atoms with Gasteiger partial charge in [-0.25, -0.2) is 9.97 Å². The van der Waals surface area contributed by atoms with Crippen molar-refractivity contribution in [2.75, 3.05) is 37.7 Å². The molecule has 0 N–H and O–H groups in total. The van der Waals surface area contributed by atoms with Crippen LogP contribution in [0.4, 0.5) is 5.95 Å². The van der Waals surface area contributed by atoms with Crippen LogP contribution in [-0.4, -0.2) is 64.8 Å². The molecule has 0 aliphatic carbocycles. The second-order valence-corrected chi connectivity index (χ2v) is 6.08. The Kier molecular flexibility index (Phi) is 4.12. The number of fused-ring (bicyclic) bond motifs is 1. The highest BCUT2D eigenvalue weighted by atomic mass is 16.5. The van der Waals surface area contributed by atoms with E-state index >= 15 is 0 Å². The predicted octanol–water partition coefficient (Wildman–Crippen LogP) is 0.832. The molecule has 0 spiro atoms. The molecule has 2 atom stereocenters. The standard InChI is InChI=1S/C16H19N5O3/c22-15(13-2-6-19-24-13)20-7-3-12-10-21(8-9-23-14(12)11-20)16-17-4-1-5-18-16/h1-2,4-6,12,14H,3,7-11H2. The summed E-state index contributed by atoms with van der Waals surface area (Å²) in [6.07, 6.45) is 5.90. The molecule has 2 saturated heterocycles. The van der Waals surface area contributed by atoms with Crippen LogP contribution < -0.4 is 4.90 Å². The lowest BCUT2D eigenvalue weighted by molar-refractivity contribution is -0.0178. The van der Waals surface area contributed by atoms with Crippen molar-refractivity contribution in [1.82, 2.24) is 20.0 Å². The van der Waals surface area contributed by atoms with E-state index in [4.69, 9.17) is 9.26 Å². The summed E-state index contributed by atoms with van der Waals surface area (Å²) in [5.41, 5.74) is 0. The van der Waals surface area contributed by atoms with Crippen molar-refractivity contribution in [1.29, 1.82) is 0 Å². The number of carbonyl (C=O) groups is 1. The number of carbonyl (C=O) groups excluding carboxylic acids is 1. The number of hydrogen-bond acceptors (Lipinski definition) is 7. The summed E-state index contributed by atoms with van der Waals surface area (Å²) in [5, 5.41) is 3.60. The minimum absolute atomic E-state index is 0.0272. The first-order valence-corrected chi connectivity index (χ1v) is 8.15. The molecule has 0 saturated carbocycles. The van der Waals surface area contributed by atoms with Gasteiger partial charge in [-0.15, -0.1) is 0 Å². The number of hydrogen-bond donors (Lipinski definition) is 0. The van der Waals surface area contributed by atoms with Crippen LogP contribution >= 0.6 is 0 Å². The highest BCUT2D eigenvalue weighted by molar-refractivity contribution is 5.91. The van der Waals surface area contributed by atoms with Gasteiger partial charge in [0, 0.05) is 50.6 Å².